The minimum Gasteiger partial charge on any atom is -0.463 e. The predicted octanol–water partition coefficient (Wildman–Crippen LogP) is 3.04. The SMILES string of the molecule is CCCOC(COC(=O)C=CC(=O)OCC)[Si](C)(C)O[Si](C)(C)C. The second-order valence-corrected chi connectivity index (χ2v) is 15.8. The molecular formula is C16H32O6Si2. The lowest BCUT2D eigenvalue weighted by Gasteiger charge is -2.37. The fourth-order valence-electron chi connectivity index (χ4n) is 2.10. The van der Waals surface area contributed by atoms with E-state index < -0.39 is 28.6 Å². The number of carbonyl (C=O) groups is 2. The predicted molar refractivity (Wildman–Crippen MR) is 98.7 cm³/mol. The zero-order valence-corrected chi connectivity index (χ0v) is 18.0. The smallest absolute Gasteiger partial charge is 0.331 e. The Morgan fingerprint density at radius 2 is 1.50 bits per heavy atom. The Kier molecular flexibility index (Phi) is 10.4. The van der Waals surface area contributed by atoms with E-state index in [4.69, 9.17) is 18.3 Å². The first-order chi connectivity index (χ1) is 11.0. The largest absolute Gasteiger partial charge is 0.463 e. The maximum absolute atomic E-state index is 11.8. The highest BCUT2D eigenvalue weighted by molar-refractivity contribution is 6.84. The van der Waals surface area contributed by atoms with Gasteiger partial charge in [-0.1, -0.05) is 6.92 Å². The first kappa shape index (κ1) is 23.0. The van der Waals surface area contributed by atoms with Crippen LogP contribution in [0.15, 0.2) is 12.2 Å². The van der Waals surface area contributed by atoms with Crippen molar-refractivity contribution in [1.82, 2.24) is 0 Å². The van der Waals surface area contributed by atoms with Crippen LogP contribution in [0.4, 0.5) is 0 Å². The molecule has 140 valence electrons. The van der Waals surface area contributed by atoms with Gasteiger partial charge in [-0.05, 0) is 46.1 Å². The molecule has 0 aromatic rings. The molecule has 0 radical (unpaired) electrons. The fraction of sp³-hybridized carbons (Fsp3) is 0.750. The molecule has 0 fully saturated rings. The standard InChI is InChI=1S/C16H32O6Si2/c1-8-12-20-16(24(6,7)22-23(3,4)5)13-21-15(18)11-10-14(17)19-9-2/h10-11,16H,8-9,12-13H2,1-7H3. The van der Waals surface area contributed by atoms with Crippen molar-refractivity contribution in [2.24, 2.45) is 0 Å². The van der Waals surface area contributed by atoms with E-state index in [2.05, 4.69) is 32.7 Å². The summed E-state index contributed by atoms with van der Waals surface area (Å²) in [7, 11) is -3.91. The summed E-state index contributed by atoms with van der Waals surface area (Å²) < 4.78 is 22.2. The van der Waals surface area contributed by atoms with E-state index in [1.54, 1.807) is 6.92 Å². The lowest BCUT2D eigenvalue weighted by Crippen LogP contribution is -2.54. The van der Waals surface area contributed by atoms with Crippen molar-refractivity contribution in [2.45, 2.75) is 58.7 Å². The molecule has 0 heterocycles. The topological polar surface area (TPSA) is 71.1 Å². The third kappa shape index (κ3) is 10.7. The van der Waals surface area contributed by atoms with Crippen LogP contribution in [0.3, 0.4) is 0 Å². The van der Waals surface area contributed by atoms with E-state index in [0.717, 1.165) is 18.6 Å². The Balaban J connectivity index is 4.73. The number of ether oxygens (including phenoxy) is 3. The van der Waals surface area contributed by atoms with Gasteiger partial charge in [-0.2, -0.15) is 0 Å². The average Bonchev–Trinajstić information content (AvgIpc) is 2.42. The van der Waals surface area contributed by atoms with Gasteiger partial charge in [-0.3, -0.25) is 0 Å². The van der Waals surface area contributed by atoms with Gasteiger partial charge >= 0.3 is 11.9 Å². The molecule has 0 aliphatic heterocycles. The molecule has 0 aromatic heterocycles. The molecule has 0 aliphatic rings. The Morgan fingerprint density at radius 3 is 1.96 bits per heavy atom. The van der Waals surface area contributed by atoms with Crippen LogP contribution < -0.4 is 0 Å². The highest BCUT2D eigenvalue weighted by Gasteiger charge is 2.39. The summed E-state index contributed by atoms with van der Waals surface area (Å²) in [4.78, 5) is 22.9. The maximum Gasteiger partial charge on any atom is 0.331 e. The molecule has 0 aromatic carbocycles. The first-order valence-electron chi connectivity index (χ1n) is 8.35. The van der Waals surface area contributed by atoms with Crippen molar-refractivity contribution in [3.8, 4) is 0 Å². The number of hydrogen-bond acceptors (Lipinski definition) is 6. The summed E-state index contributed by atoms with van der Waals surface area (Å²) in [6.45, 7) is 15.2. The minimum atomic E-state index is -2.18. The van der Waals surface area contributed by atoms with Crippen LogP contribution in [0.1, 0.15) is 20.3 Å². The Morgan fingerprint density at radius 1 is 0.958 bits per heavy atom. The maximum atomic E-state index is 11.8. The van der Waals surface area contributed by atoms with Crippen LogP contribution >= 0.6 is 0 Å². The van der Waals surface area contributed by atoms with Gasteiger partial charge in [0.25, 0.3) is 0 Å². The molecule has 0 N–H and O–H groups in total. The van der Waals surface area contributed by atoms with E-state index in [-0.39, 0.29) is 18.9 Å². The third-order valence-electron chi connectivity index (χ3n) is 2.89. The van der Waals surface area contributed by atoms with Crippen molar-refractivity contribution >= 4 is 28.6 Å². The molecule has 0 amide bonds. The third-order valence-corrected chi connectivity index (χ3v) is 9.32. The van der Waals surface area contributed by atoms with E-state index in [1.807, 2.05) is 6.92 Å². The van der Waals surface area contributed by atoms with Crippen molar-refractivity contribution in [1.29, 1.82) is 0 Å². The summed E-state index contributed by atoms with van der Waals surface area (Å²) in [6.07, 6.45) is 3.02. The number of hydrogen-bond donors (Lipinski definition) is 0. The Bertz CT molecular complexity index is 429. The molecule has 0 saturated heterocycles. The van der Waals surface area contributed by atoms with Gasteiger partial charge in [0.2, 0.25) is 8.32 Å². The van der Waals surface area contributed by atoms with Crippen molar-refractivity contribution in [3.63, 3.8) is 0 Å². The lowest BCUT2D eigenvalue weighted by molar-refractivity contribution is -0.142. The van der Waals surface area contributed by atoms with Crippen LogP contribution in [0, 0.1) is 0 Å². The van der Waals surface area contributed by atoms with Crippen molar-refractivity contribution < 1.29 is 27.9 Å². The molecule has 6 nitrogen and oxygen atoms in total. The molecule has 1 unspecified atom stereocenters. The number of rotatable bonds is 11. The molecule has 8 heteroatoms. The summed E-state index contributed by atoms with van der Waals surface area (Å²) in [5.41, 5.74) is -0.246. The van der Waals surface area contributed by atoms with Gasteiger partial charge in [0.1, 0.15) is 12.3 Å². The molecular weight excluding hydrogens is 344 g/mol. The lowest BCUT2D eigenvalue weighted by atomic mass is 10.5. The molecule has 0 bridgehead atoms. The normalized spacial score (nSPS) is 13.8. The molecule has 24 heavy (non-hydrogen) atoms. The summed E-state index contributed by atoms with van der Waals surface area (Å²) >= 11 is 0. The van der Waals surface area contributed by atoms with Gasteiger partial charge in [-0.15, -0.1) is 0 Å². The summed E-state index contributed by atoms with van der Waals surface area (Å²) in [5.74, 6) is -1.16. The summed E-state index contributed by atoms with van der Waals surface area (Å²) in [6, 6.07) is 0. The highest BCUT2D eigenvalue weighted by atomic mass is 28.4. The Labute approximate surface area is 147 Å². The van der Waals surface area contributed by atoms with Crippen molar-refractivity contribution in [2.75, 3.05) is 19.8 Å². The average molecular weight is 377 g/mol. The van der Waals surface area contributed by atoms with Crippen molar-refractivity contribution in [3.05, 3.63) is 12.2 Å². The second kappa shape index (κ2) is 10.8. The van der Waals surface area contributed by atoms with E-state index >= 15 is 0 Å². The van der Waals surface area contributed by atoms with Crippen LogP contribution in [0.2, 0.25) is 32.7 Å². The first-order valence-corrected chi connectivity index (χ1v) is 14.7. The quantitative estimate of drug-likeness (QED) is 0.313. The van der Waals surface area contributed by atoms with E-state index in [9.17, 15) is 9.59 Å². The molecule has 0 aliphatic carbocycles. The van der Waals surface area contributed by atoms with Gasteiger partial charge < -0.3 is 18.3 Å². The Hall–Kier alpha value is -0.966. The number of carbonyl (C=O) groups excluding carboxylic acids is 2. The van der Waals surface area contributed by atoms with E-state index in [1.165, 1.54) is 0 Å². The second-order valence-electron chi connectivity index (χ2n) is 6.89. The van der Waals surface area contributed by atoms with Gasteiger partial charge in [0.05, 0.1) is 6.61 Å². The monoisotopic (exact) mass is 376 g/mol. The van der Waals surface area contributed by atoms with Crippen LogP contribution in [0.5, 0.6) is 0 Å². The summed E-state index contributed by atoms with van der Waals surface area (Å²) in [5, 5.41) is 0. The molecule has 0 rings (SSSR count). The highest BCUT2D eigenvalue weighted by Crippen LogP contribution is 2.20. The molecule has 0 spiro atoms. The zero-order chi connectivity index (χ0) is 18.8. The zero-order valence-electron chi connectivity index (χ0n) is 16.0. The molecule has 0 saturated carbocycles. The van der Waals surface area contributed by atoms with Crippen LogP contribution in [0.25, 0.3) is 0 Å². The van der Waals surface area contributed by atoms with Gasteiger partial charge in [0.15, 0.2) is 8.32 Å². The van der Waals surface area contributed by atoms with Gasteiger partial charge in [-0.25, -0.2) is 9.59 Å². The van der Waals surface area contributed by atoms with Crippen LogP contribution in [-0.2, 0) is 27.9 Å². The molecule has 1 atom stereocenters. The minimum absolute atomic E-state index is 0.121. The fourth-order valence-corrected chi connectivity index (χ4v) is 9.94. The van der Waals surface area contributed by atoms with E-state index in [0.29, 0.717) is 6.61 Å². The van der Waals surface area contributed by atoms with Crippen LogP contribution in [-0.4, -0.2) is 54.1 Å². The van der Waals surface area contributed by atoms with Gasteiger partial charge in [0, 0.05) is 18.8 Å². The number of esters is 2.